The van der Waals surface area contributed by atoms with Crippen molar-refractivity contribution in [3.63, 3.8) is 0 Å². The zero-order chi connectivity index (χ0) is 18.6. The van der Waals surface area contributed by atoms with Gasteiger partial charge in [-0.05, 0) is 17.7 Å². The summed E-state index contributed by atoms with van der Waals surface area (Å²) in [6, 6.07) is 3.44. The molecule has 0 aliphatic carbocycles. The number of aromatic nitrogens is 1. The SMILES string of the molecule is O=C(Cc1csc(N2CCOCC2)n1)N/N=C\c1cc(Cl)c2c(c1)OCO2. The van der Waals surface area contributed by atoms with Crippen LogP contribution in [-0.2, 0) is 16.0 Å². The molecule has 142 valence electrons. The summed E-state index contributed by atoms with van der Waals surface area (Å²) >= 11 is 7.65. The largest absolute Gasteiger partial charge is 0.454 e. The van der Waals surface area contributed by atoms with Gasteiger partial charge in [-0.15, -0.1) is 11.3 Å². The molecular weight excluding hydrogens is 392 g/mol. The maximum absolute atomic E-state index is 12.1. The molecule has 2 aliphatic rings. The van der Waals surface area contributed by atoms with Crippen LogP contribution in [0.5, 0.6) is 11.5 Å². The van der Waals surface area contributed by atoms with E-state index < -0.39 is 0 Å². The Morgan fingerprint density at radius 1 is 1.37 bits per heavy atom. The summed E-state index contributed by atoms with van der Waals surface area (Å²) in [4.78, 5) is 18.8. The van der Waals surface area contributed by atoms with Gasteiger partial charge in [0.1, 0.15) is 0 Å². The van der Waals surface area contributed by atoms with Gasteiger partial charge in [-0.3, -0.25) is 4.79 Å². The van der Waals surface area contributed by atoms with Crippen molar-refractivity contribution in [3.8, 4) is 11.5 Å². The Bertz CT molecular complexity index is 867. The second-order valence-electron chi connectivity index (χ2n) is 5.93. The first-order valence-electron chi connectivity index (χ1n) is 8.37. The highest BCUT2D eigenvalue weighted by molar-refractivity contribution is 7.13. The third kappa shape index (κ3) is 4.32. The highest BCUT2D eigenvalue weighted by atomic mass is 35.5. The molecule has 1 saturated heterocycles. The molecule has 0 saturated carbocycles. The number of hydrazone groups is 1. The monoisotopic (exact) mass is 408 g/mol. The molecule has 0 spiro atoms. The molecule has 3 heterocycles. The van der Waals surface area contributed by atoms with E-state index in [9.17, 15) is 4.79 Å². The van der Waals surface area contributed by atoms with Crippen molar-refractivity contribution in [1.29, 1.82) is 0 Å². The maximum Gasteiger partial charge on any atom is 0.246 e. The number of halogens is 1. The summed E-state index contributed by atoms with van der Waals surface area (Å²) in [5.74, 6) is 0.850. The Morgan fingerprint density at radius 3 is 3.07 bits per heavy atom. The van der Waals surface area contributed by atoms with Crippen molar-refractivity contribution in [2.75, 3.05) is 38.0 Å². The van der Waals surface area contributed by atoms with Crippen LogP contribution in [0.3, 0.4) is 0 Å². The number of thiazole rings is 1. The topological polar surface area (TPSA) is 85.3 Å². The lowest BCUT2D eigenvalue weighted by Gasteiger charge is -2.26. The molecule has 0 bridgehead atoms. The number of ether oxygens (including phenoxy) is 3. The van der Waals surface area contributed by atoms with E-state index in [0.29, 0.717) is 35.3 Å². The fraction of sp³-hybridized carbons (Fsp3) is 0.353. The van der Waals surface area contributed by atoms with Crippen LogP contribution in [0.25, 0.3) is 0 Å². The Kier molecular flexibility index (Phi) is 5.42. The van der Waals surface area contributed by atoms with Crippen LogP contribution in [0.15, 0.2) is 22.6 Å². The zero-order valence-electron chi connectivity index (χ0n) is 14.3. The summed E-state index contributed by atoms with van der Waals surface area (Å²) in [6.45, 7) is 3.19. The Morgan fingerprint density at radius 2 is 2.22 bits per heavy atom. The lowest BCUT2D eigenvalue weighted by atomic mass is 10.2. The number of anilines is 1. The molecule has 8 nitrogen and oxygen atoms in total. The quantitative estimate of drug-likeness (QED) is 0.602. The van der Waals surface area contributed by atoms with E-state index in [2.05, 4.69) is 20.4 Å². The molecule has 1 aromatic heterocycles. The molecule has 10 heteroatoms. The van der Waals surface area contributed by atoms with Crippen molar-refractivity contribution >= 4 is 40.2 Å². The molecule has 1 amide bonds. The number of carbonyl (C=O) groups excluding carboxylic acids is 1. The van der Waals surface area contributed by atoms with Crippen LogP contribution in [0.1, 0.15) is 11.3 Å². The average molecular weight is 409 g/mol. The third-order valence-electron chi connectivity index (χ3n) is 4.02. The summed E-state index contributed by atoms with van der Waals surface area (Å²) in [5.41, 5.74) is 3.93. The van der Waals surface area contributed by atoms with Gasteiger partial charge < -0.3 is 19.1 Å². The number of nitrogens with zero attached hydrogens (tertiary/aromatic N) is 3. The molecule has 0 radical (unpaired) electrons. The summed E-state index contributed by atoms with van der Waals surface area (Å²) in [6.07, 6.45) is 1.67. The van der Waals surface area contributed by atoms with E-state index in [1.54, 1.807) is 12.1 Å². The fourth-order valence-corrected chi connectivity index (χ4v) is 3.87. The summed E-state index contributed by atoms with van der Waals surface area (Å²) in [5, 5.41) is 7.22. The summed E-state index contributed by atoms with van der Waals surface area (Å²) < 4.78 is 15.9. The Balaban J connectivity index is 1.31. The first-order valence-corrected chi connectivity index (χ1v) is 9.63. The number of hydrogen-bond donors (Lipinski definition) is 1. The minimum Gasteiger partial charge on any atom is -0.454 e. The van der Waals surface area contributed by atoms with Crippen LogP contribution in [0, 0.1) is 0 Å². The molecule has 1 fully saturated rings. The molecule has 0 atom stereocenters. The number of carbonyl (C=O) groups is 1. The van der Waals surface area contributed by atoms with E-state index in [1.165, 1.54) is 17.6 Å². The van der Waals surface area contributed by atoms with Crippen LogP contribution in [-0.4, -0.2) is 50.2 Å². The molecular formula is C17H17ClN4O4S. The van der Waals surface area contributed by atoms with Crippen LogP contribution in [0.4, 0.5) is 5.13 Å². The molecule has 27 heavy (non-hydrogen) atoms. The van der Waals surface area contributed by atoms with Crippen LogP contribution >= 0.6 is 22.9 Å². The van der Waals surface area contributed by atoms with Crippen molar-refractivity contribution in [2.24, 2.45) is 5.10 Å². The molecule has 1 N–H and O–H groups in total. The van der Waals surface area contributed by atoms with Gasteiger partial charge in [0.25, 0.3) is 0 Å². The predicted molar refractivity (Wildman–Crippen MR) is 102 cm³/mol. The minimum absolute atomic E-state index is 0.145. The number of amides is 1. The fourth-order valence-electron chi connectivity index (χ4n) is 2.72. The van der Waals surface area contributed by atoms with Gasteiger partial charge in [-0.2, -0.15) is 5.10 Å². The number of morpholine rings is 1. The standard InChI is InChI=1S/C17H17ClN4O4S/c18-13-5-11(6-14-16(13)26-10-25-14)8-19-21-15(23)7-12-9-27-17(20-12)22-1-3-24-4-2-22/h5-6,8-9H,1-4,7,10H2,(H,21,23)/b19-8-. The highest BCUT2D eigenvalue weighted by Crippen LogP contribution is 2.39. The van der Waals surface area contributed by atoms with E-state index in [1.807, 2.05) is 5.38 Å². The van der Waals surface area contributed by atoms with Gasteiger partial charge in [0, 0.05) is 18.5 Å². The number of rotatable bonds is 5. The first kappa shape index (κ1) is 18.0. The van der Waals surface area contributed by atoms with Gasteiger partial charge in [-0.25, -0.2) is 10.4 Å². The van der Waals surface area contributed by atoms with E-state index in [-0.39, 0.29) is 19.1 Å². The number of benzene rings is 1. The van der Waals surface area contributed by atoms with Crippen molar-refractivity contribution in [1.82, 2.24) is 10.4 Å². The number of nitrogens with one attached hydrogen (secondary N) is 1. The van der Waals surface area contributed by atoms with Gasteiger partial charge in [0.15, 0.2) is 16.6 Å². The molecule has 2 aromatic rings. The lowest BCUT2D eigenvalue weighted by Crippen LogP contribution is -2.36. The number of hydrogen-bond acceptors (Lipinski definition) is 8. The van der Waals surface area contributed by atoms with E-state index in [0.717, 1.165) is 23.9 Å². The molecule has 1 aromatic carbocycles. The zero-order valence-corrected chi connectivity index (χ0v) is 15.9. The Hall–Kier alpha value is -2.36. The summed E-state index contributed by atoms with van der Waals surface area (Å²) in [7, 11) is 0. The number of fused-ring (bicyclic) bond motifs is 1. The normalized spacial score (nSPS) is 16.1. The Labute approximate surface area is 164 Å². The van der Waals surface area contributed by atoms with Crippen molar-refractivity contribution < 1.29 is 19.0 Å². The highest BCUT2D eigenvalue weighted by Gasteiger charge is 2.18. The second kappa shape index (κ2) is 8.12. The lowest BCUT2D eigenvalue weighted by molar-refractivity contribution is -0.120. The smallest absolute Gasteiger partial charge is 0.246 e. The van der Waals surface area contributed by atoms with E-state index in [4.69, 9.17) is 25.8 Å². The van der Waals surface area contributed by atoms with E-state index >= 15 is 0 Å². The molecule has 4 rings (SSSR count). The second-order valence-corrected chi connectivity index (χ2v) is 7.17. The van der Waals surface area contributed by atoms with Gasteiger partial charge in [0.2, 0.25) is 12.7 Å². The van der Waals surface area contributed by atoms with Crippen molar-refractivity contribution in [3.05, 3.63) is 33.8 Å². The minimum atomic E-state index is -0.239. The van der Waals surface area contributed by atoms with Gasteiger partial charge in [-0.1, -0.05) is 11.6 Å². The van der Waals surface area contributed by atoms with Gasteiger partial charge >= 0.3 is 0 Å². The van der Waals surface area contributed by atoms with Crippen LogP contribution < -0.4 is 19.8 Å². The average Bonchev–Trinajstić information content (AvgIpc) is 3.32. The van der Waals surface area contributed by atoms with Gasteiger partial charge in [0.05, 0.1) is 36.6 Å². The molecule has 2 aliphatic heterocycles. The van der Waals surface area contributed by atoms with Crippen molar-refractivity contribution in [2.45, 2.75) is 6.42 Å². The predicted octanol–water partition coefficient (Wildman–Crippen LogP) is 2.05. The van der Waals surface area contributed by atoms with Crippen LogP contribution in [0.2, 0.25) is 5.02 Å². The third-order valence-corrected chi connectivity index (χ3v) is 5.25. The molecule has 0 unspecified atom stereocenters. The first-order chi connectivity index (χ1) is 13.2. The maximum atomic E-state index is 12.1.